The maximum Gasteiger partial charge on any atom is 0.250 e. The Balaban J connectivity index is 2.10. The van der Waals surface area contributed by atoms with Gasteiger partial charge in [0.15, 0.2) is 0 Å². The number of amides is 1. The van der Waals surface area contributed by atoms with Gasteiger partial charge in [-0.3, -0.25) is 4.79 Å². The van der Waals surface area contributed by atoms with Crippen molar-refractivity contribution in [1.82, 2.24) is 4.90 Å². The Morgan fingerprint density at radius 2 is 1.50 bits per heavy atom. The predicted molar refractivity (Wildman–Crippen MR) is 108 cm³/mol. The molecule has 2 atom stereocenters. The SMILES string of the molecule is CC1=C(C(C)(C)C)C[C@@H](c2ccccc2)N([C@@H](C)c2ccccc2)C1=O. The summed E-state index contributed by atoms with van der Waals surface area (Å²) in [6.45, 7) is 10.7. The van der Waals surface area contributed by atoms with Gasteiger partial charge in [-0.05, 0) is 36.8 Å². The summed E-state index contributed by atoms with van der Waals surface area (Å²) in [5, 5.41) is 0. The zero-order chi connectivity index (χ0) is 18.9. The van der Waals surface area contributed by atoms with Crippen molar-refractivity contribution in [2.75, 3.05) is 0 Å². The molecule has 1 aliphatic heterocycles. The predicted octanol–water partition coefficient (Wildman–Crippen LogP) is 6.08. The Kier molecular flexibility index (Phi) is 5.04. The van der Waals surface area contributed by atoms with E-state index < -0.39 is 0 Å². The number of rotatable bonds is 3. The Labute approximate surface area is 157 Å². The number of carbonyl (C=O) groups excluding carboxylic acids is 1. The van der Waals surface area contributed by atoms with Gasteiger partial charge in [0, 0.05) is 5.57 Å². The van der Waals surface area contributed by atoms with Gasteiger partial charge in [-0.15, -0.1) is 0 Å². The normalized spacial score (nSPS) is 19.7. The molecule has 0 saturated heterocycles. The lowest BCUT2D eigenvalue weighted by Gasteiger charge is -2.44. The summed E-state index contributed by atoms with van der Waals surface area (Å²) >= 11 is 0. The molecule has 1 amide bonds. The molecule has 26 heavy (non-hydrogen) atoms. The average Bonchev–Trinajstić information content (AvgIpc) is 2.63. The molecule has 1 aliphatic rings. The molecule has 0 spiro atoms. The van der Waals surface area contributed by atoms with Crippen LogP contribution in [0.5, 0.6) is 0 Å². The van der Waals surface area contributed by atoms with Gasteiger partial charge in [0.2, 0.25) is 5.91 Å². The van der Waals surface area contributed by atoms with Gasteiger partial charge in [0.1, 0.15) is 0 Å². The van der Waals surface area contributed by atoms with Crippen LogP contribution in [-0.4, -0.2) is 10.8 Å². The molecule has 0 saturated carbocycles. The Bertz CT molecular complexity index is 799. The first kappa shape index (κ1) is 18.4. The first-order chi connectivity index (χ1) is 12.3. The van der Waals surface area contributed by atoms with E-state index in [0.29, 0.717) is 0 Å². The second kappa shape index (κ2) is 7.11. The maximum atomic E-state index is 13.4. The molecule has 2 aromatic carbocycles. The fourth-order valence-corrected chi connectivity index (χ4v) is 4.07. The third kappa shape index (κ3) is 3.46. The van der Waals surface area contributed by atoms with Gasteiger partial charge in [0.05, 0.1) is 12.1 Å². The van der Waals surface area contributed by atoms with Crippen LogP contribution in [0.25, 0.3) is 0 Å². The molecule has 0 bridgehead atoms. The smallest absolute Gasteiger partial charge is 0.250 e. The highest BCUT2D eigenvalue weighted by Crippen LogP contribution is 2.45. The highest BCUT2D eigenvalue weighted by molar-refractivity contribution is 5.95. The summed E-state index contributed by atoms with van der Waals surface area (Å²) in [6.07, 6.45) is 0.891. The van der Waals surface area contributed by atoms with E-state index in [4.69, 9.17) is 0 Å². The lowest BCUT2D eigenvalue weighted by molar-refractivity contribution is -0.133. The van der Waals surface area contributed by atoms with Crippen LogP contribution in [0.1, 0.15) is 64.3 Å². The fraction of sp³-hybridized carbons (Fsp3) is 0.375. The summed E-state index contributed by atoms with van der Waals surface area (Å²) in [4.78, 5) is 15.5. The molecule has 1 heterocycles. The van der Waals surface area contributed by atoms with Crippen LogP contribution in [0.3, 0.4) is 0 Å². The van der Waals surface area contributed by atoms with E-state index in [-0.39, 0.29) is 23.4 Å². The highest BCUT2D eigenvalue weighted by Gasteiger charge is 2.39. The van der Waals surface area contributed by atoms with Gasteiger partial charge in [-0.2, -0.15) is 0 Å². The van der Waals surface area contributed by atoms with Gasteiger partial charge < -0.3 is 4.90 Å². The van der Waals surface area contributed by atoms with Crippen LogP contribution < -0.4 is 0 Å². The molecule has 0 N–H and O–H groups in total. The molecule has 136 valence electrons. The summed E-state index contributed by atoms with van der Waals surface area (Å²) in [5.74, 6) is 0.159. The van der Waals surface area contributed by atoms with Gasteiger partial charge in [0.25, 0.3) is 0 Å². The van der Waals surface area contributed by atoms with Crippen molar-refractivity contribution in [1.29, 1.82) is 0 Å². The van der Waals surface area contributed by atoms with E-state index in [2.05, 4.69) is 69.0 Å². The van der Waals surface area contributed by atoms with Crippen molar-refractivity contribution < 1.29 is 4.79 Å². The quantitative estimate of drug-likeness (QED) is 0.658. The van der Waals surface area contributed by atoms with Crippen LogP contribution in [-0.2, 0) is 4.79 Å². The minimum atomic E-state index is -0.00511. The molecule has 0 fully saturated rings. The topological polar surface area (TPSA) is 20.3 Å². The molecular weight excluding hydrogens is 318 g/mol. The molecule has 0 unspecified atom stereocenters. The Morgan fingerprint density at radius 3 is 2.04 bits per heavy atom. The van der Waals surface area contributed by atoms with Crippen molar-refractivity contribution in [2.45, 2.75) is 53.1 Å². The van der Waals surface area contributed by atoms with E-state index in [9.17, 15) is 4.79 Å². The standard InChI is InChI=1S/C24H29NO/c1-17-21(24(3,4)5)16-22(20-14-10-7-11-15-20)25(23(17)26)18(2)19-12-8-6-9-13-19/h6-15,18,22H,16H2,1-5H3/t18-,22-/m0/s1. The molecule has 0 aromatic heterocycles. The Morgan fingerprint density at radius 1 is 0.962 bits per heavy atom. The van der Waals surface area contributed by atoms with Gasteiger partial charge in [-0.25, -0.2) is 0 Å². The molecular formula is C24H29NO. The number of benzene rings is 2. The van der Waals surface area contributed by atoms with Crippen LogP contribution in [0, 0.1) is 5.41 Å². The number of hydrogen-bond donors (Lipinski definition) is 0. The first-order valence-corrected chi connectivity index (χ1v) is 9.43. The van der Waals surface area contributed by atoms with Crippen molar-refractivity contribution in [3.8, 4) is 0 Å². The molecule has 2 nitrogen and oxygen atoms in total. The summed E-state index contributed by atoms with van der Waals surface area (Å²) in [7, 11) is 0. The van der Waals surface area contributed by atoms with Crippen LogP contribution in [0.15, 0.2) is 71.8 Å². The van der Waals surface area contributed by atoms with Gasteiger partial charge in [-0.1, -0.05) is 87.0 Å². The zero-order valence-corrected chi connectivity index (χ0v) is 16.5. The van der Waals surface area contributed by atoms with E-state index >= 15 is 0 Å². The number of nitrogens with zero attached hydrogens (tertiary/aromatic N) is 1. The number of hydrogen-bond acceptors (Lipinski definition) is 1. The molecule has 2 aromatic rings. The maximum absolute atomic E-state index is 13.4. The van der Waals surface area contributed by atoms with Gasteiger partial charge >= 0.3 is 0 Å². The zero-order valence-electron chi connectivity index (χ0n) is 16.5. The summed E-state index contributed by atoms with van der Waals surface area (Å²) in [6, 6.07) is 20.9. The minimum Gasteiger partial charge on any atom is -0.325 e. The first-order valence-electron chi connectivity index (χ1n) is 9.43. The van der Waals surface area contributed by atoms with Crippen molar-refractivity contribution in [3.63, 3.8) is 0 Å². The molecule has 2 heteroatoms. The van der Waals surface area contributed by atoms with E-state index in [0.717, 1.165) is 12.0 Å². The fourth-order valence-electron chi connectivity index (χ4n) is 4.07. The van der Waals surface area contributed by atoms with E-state index in [1.165, 1.54) is 16.7 Å². The van der Waals surface area contributed by atoms with E-state index in [1.54, 1.807) is 0 Å². The molecule has 0 aliphatic carbocycles. The van der Waals surface area contributed by atoms with Crippen LogP contribution in [0.4, 0.5) is 0 Å². The van der Waals surface area contributed by atoms with Crippen molar-refractivity contribution in [3.05, 3.63) is 82.9 Å². The molecule has 0 radical (unpaired) electrons. The third-order valence-corrected chi connectivity index (χ3v) is 5.53. The van der Waals surface area contributed by atoms with Crippen molar-refractivity contribution >= 4 is 5.91 Å². The second-order valence-electron chi connectivity index (χ2n) is 8.28. The minimum absolute atomic E-state index is 0.00511. The lowest BCUT2D eigenvalue weighted by atomic mass is 9.76. The van der Waals surface area contributed by atoms with Crippen LogP contribution >= 0.6 is 0 Å². The third-order valence-electron chi connectivity index (χ3n) is 5.53. The average molecular weight is 348 g/mol. The molecule has 3 rings (SSSR count). The lowest BCUT2D eigenvalue weighted by Crippen LogP contribution is -2.42. The largest absolute Gasteiger partial charge is 0.325 e. The second-order valence-corrected chi connectivity index (χ2v) is 8.28. The summed E-state index contributed by atoms with van der Waals surface area (Å²) in [5.41, 5.74) is 4.56. The number of carbonyl (C=O) groups is 1. The van der Waals surface area contributed by atoms with Crippen molar-refractivity contribution in [2.24, 2.45) is 5.41 Å². The highest BCUT2D eigenvalue weighted by atomic mass is 16.2. The van der Waals surface area contributed by atoms with Crippen LogP contribution in [0.2, 0.25) is 0 Å². The van der Waals surface area contributed by atoms with E-state index in [1.807, 2.05) is 31.2 Å². The summed E-state index contributed by atoms with van der Waals surface area (Å²) < 4.78 is 0. The monoisotopic (exact) mass is 347 g/mol. The Hall–Kier alpha value is -2.35.